The molecular weight excluding hydrogens is 201 g/mol. The van der Waals surface area contributed by atoms with Gasteiger partial charge in [0.1, 0.15) is 11.5 Å². The summed E-state index contributed by atoms with van der Waals surface area (Å²) >= 11 is 0. The van der Waals surface area contributed by atoms with Gasteiger partial charge in [0.05, 0.1) is 0 Å². The van der Waals surface area contributed by atoms with Gasteiger partial charge in [0.25, 0.3) is 0 Å². The van der Waals surface area contributed by atoms with E-state index in [1.807, 2.05) is 0 Å². The number of rotatable bonds is 1. The van der Waals surface area contributed by atoms with Crippen molar-refractivity contribution in [3.8, 4) is 11.5 Å². The van der Waals surface area contributed by atoms with E-state index in [-0.39, 0.29) is 0 Å². The van der Waals surface area contributed by atoms with Crippen molar-refractivity contribution in [1.82, 2.24) is 0 Å². The van der Waals surface area contributed by atoms with Gasteiger partial charge in [-0.2, -0.15) is 13.2 Å². The smallest absolute Gasteiger partial charge is 0.418 e. The molecule has 3 N–H and O–H groups in total. The zero-order valence-corrected chi connectivity index (χ0v) is 6.78. The summed E-state index contributed by atoms with van der Waals surface area (Å²) in [5.41, 5.74) is -0.766. The number of aliphatic hydroxyl groups is 1. The summed E-state index contributed by atoms with van der Waals surface area (Å²) in [5, 5.41) is 26.6. The van der Waals surface area contributed by atoms with Crippen LogP contribution in [0.2, 0.25) is 0 Å². The van der Waals surface area contributed by atoms with Crippen LogP contribution < -0.4 is 0 Å². The monoisotopic (exact) mass is 208 g/mol. The fourth-order valence-electron chi connectivity index (χ4n) is 0.937. The Labute approximate surface area is 77.0 Å². The zero-order chi connectivity index (χ0) is 10.9. The lowest BCUT2D eigenvalue weighted by atomic mass is 10.1. The van der Waals surface area contributed by atoms with E-state index in [9.17, 15) is 13.2 Å². The van der Waals surface area contributed by atoms with E-state index in [0.29, 0.717) is 6.07 Å². The molecule has 6 heteroatoms. The SMILES string of the molecule is Oc1ccc(O)c([C@H](O)C(F)(F)F)c1. The van der Waals surface area contributed by atoms with E-state index in [2.05, 4.69) is 0 Å². The molecule has 0 aromatic heterocycles. The highest BCUT2D eigenvalue weighted by atomic mass is 19.4. The van der Waals surface area contributed by atoms with Crippen molar-refractivity contribution in [2.24, 2.45) is 0 Å². The fraction of sp³-hybridized carbons (Fsp3) is 0.250. The fourth-order valence-corrected chi connectivity index (χ4v) is 0.937. The van der Waals surface area contributed by atoms with Gasteiger partial charge in [-0.1, -0.05) is 0 Å². The Morgan fingerprint density at radius 1 is 1.14 bits per heavy atom. The topological polar surface area (TPSA) is 60.7 Å². The molecule has 0 saturated heterocycles. The Balaban J connectivity index is 3.12. The normalized spacial score (nSPS) is 14.0. The second-order valence-corrected chi connectivity index (χ2v) is 2.69. The number of hydrogen-bond donors (Lipinski definition) is 3. The highest BCUT2D eigenvalue weighted by molar-refractivity contribution is 5.40. The molecule has 1 atom stereocenters. The van der Waals surface area contributed by atoms with Crippen LogP contribution in [0.25, 0.3) is 0 Å². The van der Waals surface area contributed by atoms with Gasteiger partial charge in [-0.05, 0) is 18.2 Å². The third-order valence-corrected chi connectivity index (χ3v) is 1.62. The van der Waals surface area contributed by atoms with Gasteiger partial charge in [0.15, 0.2) is 6.10 Å². The number of hydrogen-bond acceptors (Lipinski definition) is 3. The second-order valence-electron chi connectivity index (χ2n) is 2.69. The first-order chi connectivity index (χ1) is 6.32. The predicted molar refractivity (Wildman–Crippen MR) is 40.8 cm³/mol. The summed E-state index contributed by atoms with van der Waals surface area (Å²) < 4.78 is 36.0. The number of phenols is 2. The first-order valence-corrected chi connectivity index (χ1v) is 3.59. The Morgan fingerprint density at radius 3 is 2.21 bits per heavy atom. The minimum atomic E-state index is -4.87. The standard InChI is InChI=1S/C8H7F3O3/c9-8(10,11)7(14)5-3-4(12)1-2-6(5)13/h1-3,7,12-14H/t7-/m0/s1. The van der Waals surface area contributed by atoms with Crippen molar-refractivity contribution in [2.75, 3.05) is 0 Å². The van der Waals surface area contributed by atoms with E-state index in [4.69, 9.17) is 15.3 Å². The van der Waals surface area contributed by atoms with E-state index in [1.54, 1.807) is 0 Å². The molecule has 0 fully saturated rings. The largest absolute Gasteiger partial charge is 0.508 e. The first kappa shape index (κ1) is 10.6. The molecule has 0 unspecified atom stereocenters. The molecule has 1 rings (SSSR count). The maximum Gasteiger partial charge on any atom is 0.418 e. The molecule has 0 saturated carbocycles. The molecular formula is C8H7F3O3. The molecule has 0 aliphatic carbocycles. The van der Waals surface area contributed by atoms with Crippen LogP contribution in [-0.2, 0) is 0 Å². The van der Waals surface area contributed by atoms with Gasteiger partial charge in [0, 0.05) is 5.56 Å². The molecule has 3 nitrogen and oxygen atoms in total. The average Bonchev–Trinajstić information content (AvgIpc) is 2.06. The molecule has 0 radical (unpaired) electrons. The first-order valence-electron chi connectivity index (χ1n) is 3.59. The predicted octanol–water partition coefficient (Wildman–Crippen LogP) is 1.69. The molecule has 14 heavy (non-hydrogen) atoms. The Hall–Kier alpha value is -1.43. The molecule has 0 amide bonds. The van der Waals surface area contributed by atoms with Crippen molar-refractivity contribution >= 4 is 0 Å². The van der Waals surface area contributed by atoms with Crippen molar-refractivity contribution in [1.29, 1.82) is 0 Å². The minimum Gasteiger partial charge on any atom is -0.508 e. The number of alkyl halides is 3. The second kappa shape index (κ2) is 3.38. The molecule has 1 aromatic rings. The quantitative estimate of drug-likeness (QED) is 0.615. The maximum atomic E-state index is 12.0. The Morgan fingerprint density at radius 2 is 1.71 bits per heavy atom. The van der Waals surface area contributed by atoms with Crippen LogP contribution in [0.4, 0.5) is 13.2 Å². The van der Waals surface area contributed by atoms with Crippen LogP contribution >= 0.6 is 0 Å². The van der Waals surface area contributed by atoms with E-state index < -0.39 is 29.3 Å². The molecule has 0 bridgehead atoms. The van der Waals surface area contributed by atoms with Crippen LogP contribution in [0.15, 0.2) is 18.2 Å². The van der Waals surface area contributed by atoms with Crippen molar-refractivity contribution in [3.05, 3.63) is 23.8 Å². The highest BCUT2D eigenvalue weighted by Gasteiger charge is 2.40. The van der Waals surface area contributed by atoms with Crippen molar-refractivity contribution in [3.63, 3.8) is 0 Å². The number of halogens is 3. The van der Waals surface area contributed by atoms with Crippen molar-refractivity contribution in [2.45, 2.75) is 12.3 Å². The van der Waals surface area contributed by atoms with Crippen LogP contribution in [0.5, 0.6) is 11.5 Å². The third kappa shape index (κ3) is 2.08. The van der Waals surface area contributed by atoms with Crippen LogP contribution in [0.3, 0.4) is 0 Å². The van der Waals surface area contributed by atoms with E-state index in [0.717, 1.165) is 12.1 Å². The lowest BCUT2D eigenvalue weighted by molar-refractivity contribution is -0.207. The summed E-state index contributed by atoms with van der Waals surface area (Å²) in [6, 6.07) is 2.55. The Bertz CT molecular complexity index is 335. The minimum absolute atomic E-state index is 0.457. The molecule has 0 spiro atoms. The van der Waals surface area contributed by atoms with Gasteiger partial charge in [0.2, 0.25) is 0 Å². The van der Waals surface area contributed by atoms with Crippen molar-refractivity contribution < 1.29 is 28.5 Å². The van der Waals surface area contributed by atoms with E-state index >= 15 is 0 Å². The molecule has 0 heterocycles. The summed E-state index contributed by atoms with van der Waals surface area (Å²) in [7, 11) is 0. The third-order valence-electron chi connectivity index (χ3n) is 1.62. The van der Waals surface area contributed by atoms with Gasteiger partial charge >= 0.3 is 6.18 Å². The van der Waals surface area contributed by atoms with Gasteiger partial charge in [-0.15, -0.1) is 0 Å². The number of benzene rings is 1. The number of phenolic OH excluding ortho intramolecular Hbond substituents is 2. The maximum absolute atomic E-state index is 12.0. The van der Waals surface area contributed by atoms with Crippen LogP contribution in [-0.4, -0.2) is 21.5 Å². The summed E-state index contributed by atoms with van der Waals surface area (Å²) in [4.78, 5) is 0. The molecule has 0 aliphatic rings. The van der Waals surface area contributed by atoms with Gasteiger partial charge < -0.3 is 15.3 Å². The molecule has 0 aliphatic heterocycles. The van der Waals surface area contributed by atoms with Gasteiger partial charge in [-0.3, -0.25) is 0 Å². The van der Waals surface area contributed by atoms with E-state index in [1.165, 1.54) is 0 Å². The van der Waals surface area contributed by atoms with Crippen LogP contribution in [0.1, 0.15) is 11.7 Å². The number of aromatic hydroxyl groups is 2. The zero-order valence-electron chi connectivity index (χ0n) is 6.78. The summed E-state index contributed by atoms with van der Waals surface area (Å²) in [6.07, 6.45) is -7.67. The summed E-state index contributed by atoms with van der Waals surface area (Å²) in [6.45, 7) is 0. The molecule has 78 valence electrons. The lowest BCUT2D eigenvalue weighted by Gasteiger charge is -2.15. The lowest BCUT2D eigenvalue weighted by Crippen LogP contribution is -2.20. The number of aliphatic hydroxyl groups excluding tert-OH is 1. The Kier molecular flexibility index (Phi) is 2.57. The summed E-state index contributed by atoms with van der Waals surface area (Å²) in [5.74, 6) is -1.17. The van der Waals surface area contributed by atoms with Crippen LogP contribution in [0, 0.1) is 0 Å². The highest BCUT2D eigenvalue weighted by Crippen LogP contribution is 2.37. The molecule has 1 aromatic carbocycles. The average molecular weight is 208 g/mol. The van der Waals surface area contributed by atoms with Gasteiger partial charge in [-0.25, -0.2) is 0 Å².